The Hall–Kier alpha value is -2.91. The van der Waals surface area contributed by atoms with Gasteiger partial charge in [0.05, 0.1) is 7.11 Å². The highest BCUT2D eigenvalue weighted by Gasteiger charge is 2.11. The van der Waals surface area contributed by atoms with Crippen molar-refractivity contribution >= 4 is 29.4 Å². The molecule has 110 valence electrons. The molecule has 0 fully saturated rings. The van der Waals surface area contributed by atoms with Gasteiger partial charge in [0.1, 0.15) is 22.3 Å². The van der Waals surface area contributed by atoms with Crippen LogP contribution in [0.2, 0.25) is 0 Å². The lowest BCUT2D eigenvalue weighted by molar-refractivity contribution is -0.135. The van der Waals surface area contributed by atoms with Crippen LogP contribution in [0.15, 0.2) is 47.4 Å². The topological polar surface area (TPSA) is 76.4 Å². The minimum absolute atomic E-state index is 0.135. The summed E-state index contributed by atoms with van der Waals surface area (Å²) in [5.41, 5.74) is 0.419. The normalized spacial score (nSPS) is 10.6. The summed E-state index contributed by atoms with van der Waals surface area (Å²) in [5, 5.41) is 10.7. The second-order valence-electron chi connectivity index (χ2n) is 4.10. The zero-order valence-corrected chi connectivity index (χ0v) is 12.4. The maximum absolute atomic E-state index is 11.9. The molecule has 0 spiro atoms. The summed E-state index contributed by atoms with van der Waals surface area (Å²) < 4.78 is 9.75. The van der Waals surface area contributed by atoms with Gasteiger partial charge in [0.15, 0.2) is 0 Å². The molecule has 1 heterocycles. The van der Waals surface area contributed by atoms with Crippen LogP contribution in [0.4, 0.5) is 0 Å². The van der Waals surface area contributed by atoms with Crippen LogP contribution >= 0.6 is 11.3 Å². The lowest BCUT2D eigenvalue weighted by atomic mass is 10.1. The number of thiophene rings is 1. The van der Waals surface area contributed by atoms with Gasteiger partial charge in [0.2, 0.25) is 0 Å². The molecule has 5 nitrogen and oxygen atoms in total. The SMILES string of the molecule is COC(=O)/C(C#N)=C/c1cccc(OC(=O)c2cccs2)c1. The number of nitrogens with zero attached hydrogens (tertiary/aromatic N) is 1. The van der Waals surface area contributed by atoms with Gasteiger partial charge in [-0.1, -0.05) is 18.2 Å². The molecular formula is C16H11NO4S. The van der Waals surface area contributed by atoms with Crippen LogP contribution in [-0.4, -0.2) is 19.0 Å². The van der Waals surface area contributed by atoms with E-state index in [2.05, 4.69) is 4.74 Å². The van der Waals surface area contributed by atoms with Gasteiger partial charge < -0.3 is 9.47 Å². The molecule has 0 aliphatic heterocycles. The van der Waals surface area contributed by atoms with Crippen molar-refractivity contribution in [1.29, 1.82) is 5.26 Å². The summed E-state index contributed by atoms with van der Waals surface area (Å²) in [6.07, 6.45) is 1.37. The molecule has 0 amide bonds. The van der Waals surface area contributed by atoms with Crippen molar-refractivity contribution < 1.29 is 19.1 Å². The zero-order chi connectivity index (χ0) is 15.9. The van der Waals surface area contributed by atoms with Gasteiger partial charge in [-0.15, -0.1) is 11.3 Å². The first-order chi connectivity index (χ1) is 10.6. The monoisotopic (exact) mass is 313 g/mol. The lowest BCUT2D eigenvalue weighted by Crippen LogP contribution is -2.06. The minimum Gasteiger partial charge on any atom is -0.465 e. The van der Waals surface area contributed by atoms with Crippen molar-refractivity contribution in [2.75, 3.05) is 7.11 Å². The van der Waals surface area contributed by atoms with Crippen molar-refractivity contribution in [3.63, 3.8) is 0 Å². The highest BCUT2D eigenvalue weighted by atomic mass is 32.1. The molecule has 0 saturated carbocycles. The lowest BCUT2D eigenvalue weighted by Gasteiger charge is -2.04. The first kappa shape index (κ1) is 15.5. The van der Waals surface area contributed by atoms with E-state index < -0.39 is 11.9 Å². The van der Waals surface area contributed by atoms with Crippen molar-refractivity contribution in [1.82, 2.24) is 0 Å². The molecule has 0 radical (unpaired) electrons. The second-order valence-corrected chi connectivity index (χ2v) is 5.05. The molecule has 0 saturated heterocycles. The van der Waals surface area contributed by atoms with Crippen LogP contribution in [0.25, 0.3) is 6.08 Å². The number of benzene rings is 1. The van der Waals surface area contributed by atoms with Crippen LogP contribution in [0, 0.1) is 11.3 Å². The summed E-state index contributed by atoms with van der Waals surface area (Å²) in [6, 6.07) is 11.7. The Morgan fingerprint density at radius 2 is 2.09 bits per heavy atom. The Morgan fingerprint density at radius 1 is 1.27 bits per heavy atom. The van der Waals surface area contributed by atoms with Crippen molar-refractivity contribution in [2.24, 2.45) is 0 Å². The van der Waals surface area contributed by atoms with E-state index in [-0.39, 0.29) is 5.57 Å². The highest BCUT2D eigenvalue weighted by Crippen LogP contribution is 2.19. The molecule has 0 aliphatic rings. The van der Waals surface area contributed by atoms with Crippen molar-refractivity contribution in [2.45, 2.75) is 0 Å². The number of carbonyl (C=O) groups excluding carboxylic acids is 2. The van der Waals surface area contributed by atoms with Crippen molar-refractivity contribution in [3.05, 3.63) is 57.8 Å². The Labute approximate surface area is 131 Å². The Bertz CT molecular complexity index is 757. The molecule has 1 aromatic heterocycles. The summed E-state index contributed by atoms with van der Waals surface area (Å²) in [6.45, 7) is 0. The third-order valence-electron chi connectivity index (χ3n) is 2.63. The smallest absolute Gasteiger partial charge is 0.353 e. The average Bonchev–Trinajstić information content (AvgIpc) is 3.06. The number of ether oxygens (including phenoxy) is 2. The summed E-state index contributed by atoms with van der Waals surface area (Å²) in [5.74, 6) is -0.845. The average molecular weight is 313 g/mol. The van der Waals surface area contributed by atoms with Crippen LogP contribution in [0.3, 0.4) is 0 Å². The van der Waals surface area contributed by atoms with Gasteiger partial charge in [0.25, 0.3) is 0 Å². The largest absolute Gasteiger partial charge is 0.465 e. The molecule has 6 heteroatoms. The Kier molecular flexibility index (Phi) is 5.07. The van der Waals surface area contributed by atoms with Crippen LogP contribution in [0.1, 0.15) is 15.2 Å². The van der Waals surface area contributed by atoms with Gasteiger partial charge in [-0.25, -0.2) is 9.59 Å². The maximum Gasteiger partial charge on any atom is 0.353 e. The fourth-order valence-corrected chi connectivity index (χ4v) is 2.23. The van der Waals surface area contributed by atoms with Gasteiger partial charge in [-0.05, 0) is 35.2 Å². The van der Waals surface area contributed by atoms with E-state index in [1.807, 2.05) is 0 Å². The fraction of sp³-hybridized carbons (Fsp3) is 0.0625. The number of nitriles is 1. The van der Waals surface area contributed by atoms with Crippen LogP contribution < -0.4 is 4.74 Å². The first-order valence-corrected chi connectivity index (χ1v) is 7.08. The van der Waals surface area contributed by atoms with Crippen LogP contribution in [-0.2, 0) is 9.53 Å². The molecule has 2 aromatic rings. The van der Waals surface area contributed by atoms with Gasteiger partial charge >= 0.3 is 11.9 Å². The number of carbonyl (C=O) groups is 2. The number of hydrogen-bond acceptors (Lipinski definition) is 6. The van der Waals surface area contributed by atoms with E-state index in [1.54, 1.807) is 47.8 Å². The summed E-state index contributed by atoms with van der Waals surface area (Å²) in [4.78, 5) is 23.7. The van der Waals surface area contributed by atoms with E-state index in [4.69, 9.17) is 10.00 Å². The molecule has 0 N–H and O–H groups in total. The number of rotatable bonds is 4. The molecule has 0 unspecified atom stereocenters. The number of methoxy groups -OCH3 is 1. The molecule has 1 aromatic carbocycles. The van der Waals surface area contributed by atoms with E-state index in [0.717, 1.165) is 0 Å². The van der Waals surface area contributed by atoms with E-state index in [9.17, 15) is 9.59 Å². The first-order valence-electron chi connectivity index (χ1n) is 6.20. The molecule has 22 heavy (non-hydrogen) atoms. The maximum atomic E-state index is 11.9. The standard InChI is InChI=1S/C16H11NO4S/c1-20-15(18)12(10-17)8-11-4-2-5-13(9-11)21-16(19)14-6-3-7-22-14/h2-9H,1H3/b12-8+. The molecule has 0 aliphatic carbocycles. The van der Waals surface area contributed by atoms with Crippen molar-refractivity contribution in [3.8, 4) is 11.8 Å². The van der Waals surface area contributed by atoms with Gasteiger partial charge in [-0.2, -0.15) is 5.26 Å². The summed E-state index contributed by atoms with van der Waals surface area (Å²) >= 11 is 1.28. The van der Waals surface area contributed by atoms with Gasteiger partial charge in [0, 0.05) is 0 Å². The predicted octanol–water partition coefficient (Wildman–Crippen LogP) is 3.05. The zero-order valence-electron chi connectivity index (χ0n) is 11.6. The Balaban J connectivity index is 2.20. The van der Waals surface area contributed by atoms with E-state index >= 15 is 0 Å². The third-order valence-corrected chi connectivity index (χ3v) is 3.48. The summed E-state index contributed by atoms with van der Waals surface area (Å²) in [7, 11) is 1.20. The molecule has 0 bridgehead atoms. The Morgan fingerprint density at radius 3 is 2.73 bits per heavy atom. The quantitative estimate of drug-likeness (QED) is 0.375. The number of esters is 2. The number of hydrogen-bond donors (Lipinski definition) is 0. The molecular weight excluding hydrogens is 302 g/mol. The predicted molar refractivity (Wildman–Crippen MR) is 81.3 cm³/mol. The molecule has 0 atom stereocenters. The van der Waals surface area contributed by atoms with Gasteiger partial charge in [-0.3, -0.25) is 0 Å². The van der Waals surface area contributed by atoms with Crippen LogP contribution in [0.5, 0.6) is 5.75 Å². The molecule has 2 rings (SSSR count). The fourth-order valence-electron chi connectivity index (χ4n) is 1.63. The third kappa shape index (κ3) is 3.81. The van der Waals surface area contributed by atoms with E-state index in [1.165, 1.54) is 24.5 Å². The minimum atomic E-state index is -0.719. The second kappa shape index (κ2) is 7.20. The van der Waals surface area contributed by atoms with E-state index in [0.29, 0.717) is 16.2 Å². The highest BCUT2D eigenvalue weighted by molar-refractivity contribution is 7.12.